The average molecular weight is 234 g/mol. The summed E-state index contributed by atoms with van der Waals surface area (Å²) in [4.78, 5) is 10.3. The van der Waals surface area contributed by atoms with Crippen LogP contribution in [-0.2, 0) is 4.79 Å². The summed E-state index contributed by atoms with van der Waals surface area (Å²) in [6.07, 6.45) is 6.00. The summed E-state index contributed by atoms with van der Waals surface area (Å²) >= 11 is 0. The second-order valence-corrected chi connectivity index (χ2v) is 3.83. The van der Waals surface area contributed by atoms with Crippen LogP contribution in [0.5, 0.6) is 0 Å². The number of carbonyl (C=O) groups excluding carboxylic acids is 1. The lowest BCUT2D eigenvalue weighted by Gasteiger charge is -2.07. The predicted octanol–water partition coefficient (Wildman–Crippen LogP) is 3.87. The summed E-state index contributed by atoms with van der Waals surface area (Å²) in [6, 6.07) is 20.3. The van der Waals surface area contributed by atoms with E-state index in [2.05, 4.69) is 24.3 Å². The molecule has 0 radical (unpaired) electrons. The molecule has 0 aliphatic rings. The van der Waals surface area contributed by atoms with E-state index in [1.165, 1.54) is 6.08 Å². The number of allylic oxidation sites excluding steroid dienone is 3. The van der Waals surface area contributed by atoms with Gasteiger partial charge >= 0.3 is 0 Å². The van der Waals surface area contributed by atoms with Gasteiger partial charge in [-0.3, -0.25) is 4.79 Å². The fourth-order valence-corrected chi connectivity index (χ4v) is 1.79. The van der Waals surface area contributed by atoms with Crippen LogP contribution >= 0.6 is 0 Å². The third kappa shape index (κ3) is 3.05. The molecule has 18 heavy (non-hydrogen) atoms. The van der Waals surface area contributed by atoms with Gasteiger partial charge in [0.05, 0.1) is 0 Å². The molecule has 0 saturated carbocycles. The first-order valence-electron chi connectivity index (χ1n) is 5.85. The summed E-state index contributed by atoms with van der Waals surface area (Å²) in [7, 11) is 0. The quantitative estimate of drug-likeness (QED) is 0.446. The van der Waals surface area contributed by atoms with Gasteiger partial charge in [0, 0.05) is 0 Å². The van der Waals surface area contributed by atoms with E-state index in [0.717, 1.165) is 23.0 Å². The van der Waals surface area contributed by atoms with Crippen molar-refractivity contribution in [1.82, 2.24) is 0 Å². The number of hydrogen-bond acceptors (Lipinski definition) is 1. The molecule has 2 rings (SSSR count). The topological polar surface area (TPSA) is 17.1 Å². The first-order valence-corrected chi connectivity index (χ1v) is 5.85. The molecule has 0 aromatic heterocycles. The zero-order chi connectivity index (χ0) is 12.6. The second kappa shape index (κ2) is 6.36. The Bertz CT molecular complexity index is 509. The van der Waals surface area contributed by atoms with E-state index in [1.807, 2.05) is 42.5 Å². The Morgan fingerprint density at radius 1 is 0.722 bits per heavy atom. The highest BCUT2D eigenvalue weighted by molar-refractivity contribution is 5.81. The number of hydrogen-bond donors (Lipinski definition) is 0. The van der Waals surface area contributed by atoms with E-state index < -0.39 is 0 Å². The minimum absolute atomic E-state index is 0.782. The molecule has 0 amide bonds. The molecule has 0 fully saturated rings. The first kappa shape index (κ1) is 12.1. The van der Waals surface area contributed by atoms with E-state index in [4.69, 9.17) is 0 Å². The van der Waals surface area contributed by atoms with Gasteiger partial charge in [0.2, 0.25) is 0 Å². The van der Waals surface area contributed by atoms with Crippen molar-refractivity contribution in [2.75, 3.05) is 0 Å². The van der Waals surface area contributed by atoms with Gasteiger partial charge in [0.25, 0.3) is 0 Å². The third-order valence-electron chi connectivity index (χ3n) is 2.62. The highest BCUT2D eigenvalue weighted by Crippen LogP contribution is 2.22. The van der Waals surface area contributed by atoms with Gasteiger partial charge in [-0.1, -0.05) is 72.8 Å². The zero-order valence-corrected chi connectivity index (χ0v) is 9.99. The van der Waals surface area contributed by atoms with Crippen molar-refractivity contribution in [3.8, 4) is 0 Å². The molecule has 0 heterocycles. The predicted molar refractivity (Wildman–Crippen MR) is 75.2 cm³/mol. The first-order chi connectivity index (χ1) is 8.92. The molecule has 1 heteroatoms. The molecule has 0 spiro atoms. The maximum absolute atomic E-state index is 10.3. The van der Waals surface area contributed by atoms with Crippen LogP contribution in [0.3, 0.4) is 0 Å². The Balaban J connectivity index is 2.45. The molecule has 0 saturated heterocycles. The van der Waals surface area contributed by atoms with Crippen molar-refractivity contribution in [2.45, 2.75) is 0 Å². The van der Waals surface area contributed by atoms with Crippen molar-refractivity contribution in [3.63, 3.8) is 0 Å². The Kier molecular flexibility index (Phi) is 4.26. The Labute approximate surface area is 107 Å². The van der Waals surface area contributed by atoms with Crippen molar-refractivity contribution >= 4 is 11.9 Å². The Morgan fingerprint density at radius 2 is 1.22 bits per heavy atom. The second-order valence-electron chi connectivity index (χ2n) is 3.83. The van der Waals surface area contributed by atoms with Gasteiger partial charge < -0.3 is 0 Å². The highest BCUT2D eigenvalue weighted by Gasteiger charge is 2.02. The van der Waals surface area contributed by atoms with Crippen LogP contribution in [-0.4, -0.2) is 6.29 Å². The van der Waals surface area contributed by atoms with Crippen LogP contribution in [0.2, 0.25) is 0 Å². The van der Waals surface area contributed by atoms with Crippen LogP contribution in [0.4, 0.5) is 0 Å². The molecule has 0 atom stereocenters. The largest absolute Gasteiger partial charge is 0.299 e. The molecule has 0 unspecified atom stereocenters. The summed E-state index contributed by atoms with van der Waals surface area (Å²) < 4.78 is 0. The molecule has 0 aliphatic carbocycles. The maximum Gasteiger partial charge on any atom is 0.142 e. The molecule has 1 nitrogen and oxygen atoms in total. The van der Waals surface area contributed by atoms with E-state index in [1.54, 1.807) is 6.08 Å². The van der Waals surface area contributed by atoms with Gasteiger partial charge in [0.15, 0.2) is 0 Å². The van der Waals surface area contributed by atoms with Crippen LogP contribution in [0.25, 0.3) is 5.57 Å². The van der Waals surface area contributed by atoms with Crippen LogP contribution < -0.4 is 0 Å². The summed E-state index contributed by atoms with van der Waals surface area (Å²) in [5.74, 6) is 0. The van der Waals surface area contributed by atoms with Gasteiger partial charge in [-0.25, -0.2) is 0 Å². The molecule has 2 aromatic carbocycles. The fourth-order valence-electron chi connectivity index (χ4n) is 1.79. The van der Waals surface area contributed by atoms with Crippen LogP contribution in [0.15, 0.2) is 78.9 Å². The third-order valence-corrected chi connectivity index (χ3v) is 2.62. The number of aldehydes is 1. The lowest BCUT2D eigenvalue weighted by molar-refractivity contribution is -0.104. The standard InChI is InChI=1S/C17H14O/c18-14-8-7-13-17(15-9-3-1-4-10-15)16-11-5-2-6-12-16/h1-14H/b8-7+. The van der Waals surface area contributed by atoms with Gasteiger partial charge in [-0.05, 0) is 22.8 Å². The summed E-state index contributed by atoms with van der Waals surface area (Å²) in [5, 5.41) is 0. The molecule has 2 aromatic rings. The van der Waals surface area contributed by atoms with Crippen LogP contribution in [0.1, 0.15) is 11.1 Å². The monoisotopic (exact) mass is 234 g/mol. The molecule has 0 N–H and O–H groups in total. The van der Waals surface area contributed by atoms with Crippen molar-refractivity contribution in [2.24, 2.45) is 0 Å². The molecule has 0 aliphatic heterocycles. The number of carbonyl (C=O) groups is 1. The Morgan fingerprint density at radius 3 is 1.67 bits per heavy atom. The summed E-state index contributed by atoms with van der Waals surface area (Å²) in [5.41, 5.74) is 3.38. The lowest BCUT2D eigenvalue weighted by Crippen LogP contribution is -1.86. The number of benzene rings is 2. The van der Waals surface area contributed by atoms with Crippen molar-refractivity contribution < 1.29 is 4.79 Å². The molecule has 0 bridgehead atoms. The van der Waals surface area contributed by atoms with E-state index in [0.29, 0.717) is 0 Å². The molecule has 88 valence electrons. The Hall–Kier alpha value is -2.41. The van der Waals surface area contributed by atoms with Gasteiger partial charge in [0.1, 0.15) is 6.29 Å². The minimum atomic E-state index is 0.782. The average Bonchev–Trinajstić information content (AvgIpc) is 2.46. The summed E-state index contributed by atoms with van der Waals surface area (Å²) in [6.45, 7) is 0. The normalized spacial score (nSPS) is 10.2. The van der Waals surface area contributed by atoms with Crippen molar-refractivity contribution in [3.05, 3.63) is 90.0 Å². The lowest BCUT2D eigenvalue weighted by atomic mass is 9.97. The highest BCUT2D eigenvalue weighted by atomic mass is 16.1. The van der Waals surface area contributed by atoms with E-state index >= 15 is 0 Å². The van der Waals surface area contributed by atoms with Gasteiger partial charge in [-0.2, -0.15) is 0 Å². The molecular weight excluding hydrogens is 220 g/mol. The van der Waals surface area contributed by atoms with E-state index in [9.17, 15) is 4.79 Å². The maximum atomic E-state index is 10.3. The van der Waals surface area contributed by atoms with Crippen LogP contribution in [0, 0.1) is 0 Å². The van der Waals surface area contributed by atoms with Crippen molar-refractivity contribution in [1.29, 1.82) is 0 Å². The SMILES string of the molecule is O=C/C=C/C=C(c1ccccc1)c1ccccc1. The minimum Gasteiger partial charge on any atom is -0.299 e. The van der Waals surface area contributed by atoms with Gasteiger partial charge in [-0.15, -0.1) is 0 Å². The zero-order valence-electron chi connectivity index (χ0n) is 9.99. The van der Waals surface area contributed by atoms with E-state index in [-0.39, 0.29) is 0 Å². The number of rotatable bonds is 4. The fraction of sp³-hybridized carbons (Fsp3) is 0. The smallest absolute Gasteiger partial charge is 0.142 e. The molecular formula is C17H14O.